The van der Waals surface area contributed by atoms with Gasteiger partial charge in [-0.15, -0.1) is 0 Å². The van der Waals surface area contributed by atoms with Crippen molar-refractivity contribution in [3.63, 3.8) is 0 Å². The summed E-state index contributed by atoms with van der Waals surface area (Å²) in [4.78, 5) is 28.2. The summed E-state index contributed by atoms with van der Waals surface area (Å²) in [6.07, 6.45) is 0. The number of hydrogen-bond donors (Lipinski definition) is 0. The summed E-state index contributed by atoms with van der Waals surface area (Å²) >= 11 is 0. The molecule has 1 aliphatic rings. The zero-order chi connectivity index (χ0) is 17.8. The highest BCUT2D eigenvalue weighted by Crippen LogP contribution is 2.23. The summed E-state index contributed by atoms with van der Waals surface area (Å²) in [7, 11) is 1.58. The van der Waals surface area contributed by atoms with Crippen LogP contribution in [0.15, 0.2) is 48.5 Å². The molecule has 0 N–H and O–H groups in total. The summed E-state index contributed by atoms with van der Waals surface area (Å²) in [5.41, 5.74) is 1.73. The Balaban J connectivity index is 1.71. The van der Waals surface area contributed by atoms with E-state index in [9.17, 15) is 9.59 Å². The van der Waals surface area contributed by atoms with Gasteiger partial charge >= 0.3 is 0 Å². The molecule has 2 aromatic rings. The average molecular weight is 335 g/mol. The number of benzene rings is 2. The summed E-state index contributed by atoms with van der Waals surface area (Å²) in [5, 5.41) is 8.82. The van der Waals surface area contributed by atoms with E-state index in [-0.39, 0.29) is 18.4 Å². The Bertz CT molecular complexity index is 840. The van der Waals surface area contributed by atoms with Gasteiger partial charge in [-0.3, -0.25) is 9.59 Å². The van der Waals surface area contributed by atoms with Crippen molar-refractivity contribution in [2.75, 3.05) is 31.6 Å². The van der Waals surface area contributed by atoms with E-state index in [0.717, 1.165) is 5.69 Å². The van der Waals surface area contributed by atoms with Crippen LogP contribution in [0.5, 0.6) is 5.75 Å². The monoisotopic (exact) mass is 335 g/mol. The maximum Gasteiger partial charge on any atom is 0.254 e. The van der Waals surface area contributed by atoms with Crippen molar-refractivity contribution in [3.05, 3.63) is 59.7 Å². The molecular formula is C19H17N3O3. The van der Waals surface area contributed by atoms with E-state index in [4.69, 9.17) is 10.00 Å². The van der Waals surface area contributed by atoms with E-state index in [1.165, 1.54) is 4.90 Å². The van der Waals surface area contributed by atoms with Crippen molar-refractivity contribution in [1.82, 2.24) is 4.90 Å². The lowest BCUT2D eigenvalue weighted by molar-refractivity contribution is -0.120. The standard InChI is InChI=1S/C19H17N3O3/c1-25-17-4-2-3-16(11-17)22-10-9-21(13-18(22)23)19(24)15-7-5-14(12-20)6-8-15/h2-8,11H,9-10,13H2,1H3. The second-order valence-electron chi connectivity index (χ2n) is 5.66. The molecule has 1 saturated heterocycles. The number of piperazine rings is 1. The van der Waals surface area contributed by atoms with Crippen molar-refractivity contribution in [3.8, 4) is 11.8 Å². The van der Waals surface area contributed by atoms with Crippen molar-refractivity contribution < 1.29 is 14.3 Å². The van der Waals surface area contributed by atoms with E-state index in [1.807, 2.05) is 24.3 Å². The third-order valence-corrected chi connectivity index (χ3v) is 4.13. The van der Waals surface area contributed by atoms with Gasteiger partial charge in [0.2, 0.25) is 5.91 Å². The lowest BCUT2D eigenvalue weighted by atomic mass is 10.1. The van der Waals surface area contributed by atoms with Crippen LogP contribution in [0.3, 0.4) is 0 Å². The highest BCUT2D eigenvalue weighted by molar-refractivity contribution is 6.01. The Labute approximate surface area is 145 Å². The smallest absolute Gasteiger partial charge is 0.254 e. The predicted molar refractivity (Wildman–Crippen MR) is 92.4 cm³/mol. The molecule has 126 valence electrons. The van der Waals surface area contributed by atoms with E-state index >= 15 is 0 Å². The predicted octanol–water partition coefficient (Wildman–Crippen LogP) is 2.06. The van der Waals surface area contributed by atoms with E-state index < -0.39 is 0 Å². The number of nitrogens with zero attached hydrogens (tertiary/aromatic N) is 3. The first-order valence-corrected chi connectivity index (χ1v) is 7.86. The van der Waals surface area contributed by atoms with E-state index in [2.05, 4.69) is 0 Å². The van der Waals surface area contributed by atoms with Crippen LogP contribution < -0.4 is 9.64 Å². The minimum absolute atomic E-state index is 0.0239. The van der Waals surface area contributed by atoms with Gasteiger partial charge in [0.1, 0.15) is 12.3 Å². The first-order chi connectivity index (χ1) is 12.1. The quantitative estimate of drug-likeness (QED) is 0.860. The van der Waals surface area contributed by atoms with Gasteiger partial charge in [-0.05, 0) is 36.4 Å². The SMILES string of the molecule is COc1cccc(N2CCN(C(=O)c3ccc(C#N)cc3)CC2=O)c1. The molecule has 0 spiro atoms. The fourth-order valence-electron chi connectivity index (χ4n) is 2.77. The molecule has 0 radical (unpaired) electrons. The van der Waals surface area contributed by atoms with Crippen LogP contribution in [0.4, 0.5) is 5.69 Å². The fraction of sp³-hybridized carbons (Fsp3) is 0.211. The number of nitriles is 1. The topological polar surface area (TPSA) is 73.6 Å². The molecule has 2 amide bonds. The summed E-state index contributed by atoms with van der Waals surface area (Å²) in [6.45, 7) is 0.895. The molecule has 0 aromatic heterocycles. The van der Waals surface area contributed by atoms with Crippen LogP contribution in [0.1, 0.15) is 15.9 Å². The first-order valence-electron chi connectivity index (χ1n) is 7.86. The van der Waals surface area contributed by atoms with Crippen LogP contribution in [-0.4, -0.2) is 43.5 Å². The average Bonchev–Trinajstić information content (AvgIpc) is 2.67. The van der Waals surface area contributed by atoms with Gasteiger partial charge in [-0.1, -0.05) is 6.07 Å². The first kappa shape index (κ1) is 16.5. The number of rotatable bonds is 3. The lowest BCUT2D eigenvalue weighted by Gasteiger charge is -2.34. The molecule has 0 saturated carbocycles. The summed E-state index contributed by atoms with van der Waals surface area (Å²) in [5.74, 6) is 0.339. The molecule has 25 heavy (non-hydrogen) atoms. The number of methoxy groups -OCH3 is 1. The highest BCUT2D eigenvalue weighted by Gasteiger charge is 2.28. The number of amides is 2. The fourth-order valence-corrected chi connectivity index (χ4v) is 2.77. The van der Waals surface area contributed by atoms with Gasteiger partial charge in [0.05, 0.1) is 18.7 Å². The largest absolute Gasteiger partial charge is 0.497 e. The van der Waals surface area contributed by atoms with Gasteiger partial charge in [-0.2, -0.15) is 5.26 Å². The highest BCUT2D eigenvalue weighted by atomic mass is 16.5. The normalized spacial score (nSPS) is 14.2. The Hall–Kier alpha value is -3.33. The number of anilines is 1. The minimum Gasteiger partial charge on any atom is -0.497 e. The van der Waals surface area contributed by atoms with E-state index in [1.54, 1.807) is 42.3 Å². The summed E-state index contributed by atoms with van der Waals surface area (Å²) < 4.78 is 5.19. The zero-order valence-corrected chi connectivity index (χ0v) is 13.8. The zero-order valence-electron chi connectivity index (χ0n) is 13.8. The number of hydrogen-bond acceptors (Lipinski definition) is 4. The molecule has 1 fully saturated rings. The van der Waals surface area contributed by atoms with Crippen LogP contribution in [0.2, 0.25) is 0 Å². The maximum atomic E-state index is 12.5. The molecule has 0 aliphatic carbocycles. The molecule has 0 bridgehead atoms. The summed E-state index contributed by atoms with van der Waals surface area (Å²) in [6, 6.07) is 15.7. The third kappa shape index (κ3) is 3.45. The van der Waals surface area contributed by atoms with Crippen molar-refractivity contribution in [2.45, 2.75) is 0 Å². The second kappa shape index (κ2) is 7.05. The molecule has 0 atom stereocenters. The molecule has 1 aliphatic heterocycles. The molecule has 0 unspecified atom stereocenters. The Kier molecular flexibility index (Phi) is 4.66. The maximum absolute atomic E-state index is 12.5. The Morgan fingerprint density at radius 2 is 1.92 bits per heavy atom. The molecule has 6 nitrogen and oxygen atoms in total. The number of carbonyl (C=O) groups excluding carboxylic acids is 2. The number of ether oxygens (including phenoxy) is 1. The van der Waals surface area contributed by atoms with Gasteiger partial charge < -0.3 is 14.5 Å². The Morgan fingerprint density at radius 1 is 1.16 bits per heavy atom. The number of carbonyl (C=O) groups is 2. The van der Waals surface area contributed by atoms with Crippen LogP contribution in [0.25, 0.3) is 0 Å². The minimum atomic E-state index is -0.205. The van der Waals surface area contributed by atoms with Crippen molar-refractivity contribution in [1.29, 1.82) is 5.26 Å². The van der Waals surface area contributed by atoms with Crippen LogP contribution in [0, 0.1) is 11.3 Å². The Morgan fingerprint density at radius 3 is 2.56 bits per heavy atom. The van der Waals surface area contributed by atoms with Gasteiger partial charge in [0.15, 0.2) is 0 Å². The molecule has 2 aromatic carbocycles. The second-order valence-corrected chi connectivity index (χ2v) is 5.66. The van der Waals surface area contributed by atoms with Gasteiger partial charge in [-0.25, -0.2) is 0 Å². The molecule has 3 rings (SSSR count). The molecule has 1 heterocycles. The molecular weight excluding hydrogens is 318 g/mol. The molecule has 6 heteroatoms. The van der Waals surface area contributed by atoms with Crippen molar-refractivity contribution in [2.24, 2.45) is 0 Å². The van der Waals surface area contributed by atoms with Crippen LogP contribution in [-0.2, 0) is 4.79 Å². The third-order valence-electron chi connectivity index (χ3n) is 4.13. The van der Waals surface area contributed by atoms with Gasteiger partial charge in [0.25, 0.3) is 5.91 Å². The van der Waals surface area contributed by atoms with E-state index in [0.29, 0.717) is 30.0 Å². The van der Waals surface area contributed by atoms with Crippen LogP contribution >= 0.6 is 0 Å². The van der Waals surface area contributed by atoms with Crippen molar-refractivity contribution >= 4 is 17.5 Å². The lowest BCUT2D eigenvalue weighted by Crippen LogP contribution is -2.52. The van der Waals surface area contributed by atoms with Gasteiger partial charge in [0, 0.05) is 30.4 Å².